The Balaban J connectivity index is -0.0000000275. The van der Waals surface area contributed by atoms with E-state index in [1.807, 2.05) is 0 Å². The Morgan fingerprint density at radius 1 is 1.33 bits per heavy atom. The Morgan fingerprint density at radius 2 is 1.33 bits per heavy atom. The smallest absolute Gasteiger partial charge is 0 e. The van der Waals surface area contributed by atoms with E-state index in [1.54, 1.807) is 0 Å². The summed E-state index contributed by atoms with van der Waals surface area (Å²) < 4.78 is 0. The van der Waals surface area contributed by atoms with Crippen LogP contribution >= 0.6 is 37.2 Å². The predicted octanol–water partition coefficient (Wildman–Crippen LogP) is -1.62. The molecule has 0 heterocycles. The minimum atomic E-state index is 0. The average molecular weight is 461 g/mol. The maximum Gasteiger partial charge on any atom is 0 e. The van der Waals surface area contributed by atoms with E-state index in [2.05, 4.69) is 37.2 Å². The number of hydrogen-bond donors (Lipinski definition) is 1. The van der Waals surface area contributed by atoms with E-state index in [0.29, 0.717) is 13.3 Å². The van der Waals surface area contributed by atoms with E-state index in [0.717, 1.165) is 7.11 Å². The maximum absolute atomic E-state index is 7.00. The zero-order chi connectivity index (χ0) is 4.71. The zero-order valence-corrected chi connectivity index (χ0v) is 11.1. The van der Waals surface area contributed by atoms with Gasteiger partial charge < -0.3 is 5.11 Å². The maximum atomic E-state index is 7.00. The predicted molar refractivity (Wildman–Crippen MR) is 36.2 cm³/mol. The van der Waals surface area contributed by atoms with Crippen LogP contribution in [0.4, 0.5) is 0 Å². The van der Waals surface area contributed by atoms with Crippen LogP contribution in [0.15, 0.2) is 0 Å². The number of rotatable bonds is 0. The van der Waals surface area contributed by atoms with Gasteiger partial charge in [-0.2, -0.15) is 0 Å². The summed E-state index contributed by atoms with van der Waals surface area (Å²) in [6.07, 6.45) is 0. The van der Waals surface area contributed by atoms with Crippen LogP contribution in [0.5, 0.6) is 0 Å². The van der Waals surface area contributed by atoms with Crippen molar-refractivity contribution in [2.75, 3.05) is 7.11 Å². The van der Waals surface area contributed by atoms with E-state index >= 15 is 0 Å². The average Bonchev–Trinajstić information content (AvgIpc) is 1.46. The third-order valence-electron chi connectivity index (χ3n) is 0. The van der Waals surface area contributed by atoms with Gasteiger partial charge in [0, 0.05) is 28.8 Å². The van der Waals surface area contributed by atoms with Gasteiger partial charge in [0.05, 0.1) is 0 Å². The molecule has 40 valence electrons. The molecule has 6 heavy (non-hydrogen) atoms. The summed E-state index contributed by atoms with van der Waals surface area (Å²) in [6.45, 7) is 0. The van der Waals surface area contributed by atoms with E-state index < -0.39 is 0 Å². The van der Waals surface area contributed by atoms with Gasteiger partial charge >= 0.3 is 50.5 Å². The number of aliphatic hydroxyl groups is 1. The largest absolute Gasteiger partial charge is 0 e. The van der Waals surface area contributed by atoms with Crippen molar-refractivity contribution in [3.05, 3.63) is 0 Å². The Hall–Kier alpha value is 2.86. The van der Waals surface area contributed by atoms with Crippen LogP contribution in [0, 0.1) is 0 Å². The van der Waals surface area contributed by atoms with Crippen LogP contribution in [0.2, 0.25) is 0 Å². The second-order valence-electron chi connectivity index (χ2n) is 0.0540. The normalized spacial score (nSPS) is 4.67. The van der Waals surface area contributed by atoms with E-state index in [-0.39, 0.29) is 21.7 Å². The molecule has 0 aromatic carbocycles. The third-order valence-corrected chi connectivity index (χ3v) is 0. The zero-order valence-electron chi connectivity index (χ0n) is 3.08. The first-order valence-corrected chi connectivity index (χ1v) is 13.3. The molecular formula is CH4I3OTi-. The van der Waals surface area contributed by atoms with Crippen LogP contribution in [0.25, 0.3) is 0 Å². The molecule has 0 aromatic heterocycles. The van der Waals surface area contributed by atoms with Crippen LogP contribution in [-0.2, 0) is 21.7 Å². The molecule has 0 amide bonds. The van der Waals surface area contributed by atoms with E-state index in [1.165, 1.54) is 0 Å². The standard InChI is InChI=1S/CH4O.I3.Ti/c1-2;1-3-2;/h2H,1H3;;/q;-1;. The van der Waals surface area contributed by atoms with Gasteiger partial charge in [-0.25, -0.2) is 0 Å². The molecule has 5 heteroatoms. The first-order valence-electron chi connectivity index (χ1n) is 0.733. The monoisotopic (exact) mass is 461 g/mol. The minimum absolute atomic E-state index is 0. The summed E-state index contributed by atoms with van der Waals surface area (Å²) in [4.78, 5) is 0. The minimum Gasteiger partial charge on any atom is 0 e. The summed E-state index contributed by atoms with van der Waals surface area (Å²) in [5.74, 6) is 0. The molecule has 0 radical (unpaired) electrons. The molecule has 0 atom stereocenters. The molecule has 0 saturated heterocycles. The summed E-state index contributed by atoms with van der Waals surface area (Å²) in [6, 6.07) is 0. The van der Waals surface area contributed by atoms with Crippen LogP contribution in [0.3, 0.4) is 0 Å². The molecule has 1 nitrogen and oxygen atoms in total. The Morgan fingerprint density at radius 3 is 1.33 bits per heavy atom. The van der Waals surface area contributed by atoms with Gasteiger partial charge in [0.2, 0.25) is 0 Å². The van der Waals surface area contributed by atoms with Crippen LogP contribution < -0.4 is 13.3 Å². The molecule has 0 bridgehead atoms. The van der Waals surface area contributed by atoms with Gasteiger partial charge in [-0.3, -0.25) is 0 Å². The van der Waals surface area contributed by atoms with Crippen molar-refractivity contribution in [2.45, 2.75) is 0 Å². The van der Waals surface area contributed by atoms with Gasteiger partial charge in [0.1, 0.15) is 0 Å². The summed E-state index contributed by atoms with van der Waals surface area (Å²) in [7, 11) is 1.00. The summed E-state index contributed by atoms with van der Waals surface area (Å²) in [5, 5.41) is 7.00. The van der Waals surface area contributed by atoms with Crippen molar-refractivity contribution in [3.8, 4) is 0 Å². The van der Waals surface area contributed by atoms with Gasteiger partial charge in [-0.1, -0.05) is 0 Å². The molecule has 0 rings (SSSR count). The molecule has 0 saturated carbocycles. The van der Waals surface area contributed by atoms with Crippen molar-refractivity contribution in [1.82, 2.24) is 0 Å². The second kappa shape index (κ2) is 24.8. The molecule has 0 spiro atoms. The molecular weight excluding hydrogens is 457 g/mol. The molecule has 0 aliphatic rings. The SMILES string of the molecule is CO.I[I-]I.[Ti]. The fourth-order valence-electron chi connectivity index (χ4n) is 0. The molecule has 0 unspecified atom stereocenters. The Bertz CT molecular complexity index is 10.8. The van der Waals surface area contributed by atoms with Crippen molar-refractivity contribution in [2.24, 2.45) is 0 Å². The number of hydrogen-bond acceptors (Lipinski definition) is 1. The summed E-state index contributed by atoms with van der Waals surface area (Å²) in [5.41, 5.74) is 0. The quantitative estimate of drug-likeness (QED) is 0.341. The number of halogens is 3. The number of aliphatic hydroxyl groups excluding tert-OH is 1. The Labute approximate surface area is 82.5 Å². The molecule has 0 aliphatic heterocycles. The first-order chi connectivity index (χ1) is 2.41. The summed E-state index contributed by atoms with van der Waals surface area (Å²) >= 11 is 5.30. The second-order valence-corrected chi connectivity index (χ2v) is 16.3. The van der Waals surface area contributed by atoms with Crippen molar-refractivity contribution >= 4 is 37.2 Å². The third kappa shape index (κ3) is 28.8. The van der Waals surface area contributed by atoms with Gasteiger partial charge in [-0.05, 0) is 0 Å². The van der Waals surface area contributed by atoms with Gasteiger partial charge in [0.15, 0.2) is 0 Å². The van der Waals surface area contributed by atoms with Gasteiger partial charge in [-0.15, -0.1) is 0 Å². The molecule has 1 N–H and O–H groups in total. The van der Waals surface area contributed by atoms with Gasteiger partial charge in [0.25, 0.3) is 0 Å². The van der Waals surface area contributed by atoms with Crippen LogP contribution in [-0.4, -0.2) is 12.2 Å². The first kappa shape index (κ1) is 15.9. The van der Waals surface area contributed by atoms with Crippen molar-refractivity contribution in [3.63, 3.8) is 0 Å². The van der Waals surface area contributed by atoms with Crippen LogP contribution in [0.1, 0.15) is 0 Å². The fourth-order valence-corrected chi connectivity index (χ4v) is 0. The van der Waals surface area contributed by atoms with E-state index in [9.17, 15) is 0 Å². The fraction of sp³-hybridized carbons (Fsp3) is 1.00. The molecule has 0 aromatic rings. The van der Waals surface area contributed by atoms with E-state index in [4.69, 9.17) is 5.11 Å². The molecule has 0 aliphatic carbocycles. The topological polar surface area (TPSA) is 20.2 Å². The van der Waals surface area contributed by atoms with Crippen molar-refractivity contribution < 1.29 is 40.1 Å². The molecule has 0 fully saturated rings. The Kier molecular flexibility index (Phi) is 65.9. The van der Waals surface area contributed by atoms with Crippen molar-refractivity contribution in [1.29, 1.82) is 0 Å².